The van der Waals surface area contributed by atoms with E-state index in [2.05, 4.69) is 5.16 Å². The lowest BCUT2D eigenvalue weighted by atomic mass is 9.83. The van der Waals surface area contributed by atoms with E-state index < -0.39 is 5.60 Å². The molecule has 2 saturated carbocycles. The molecule has 7 nitrogen and oxygen atoms in total. The summed E-state index contributed by atoms with van der Waals surface area (Å²) < 4.78 is 13.1. The summed E-state index contributed by atoms with van der Waals surface area (Å²) in [7, 11) is 3.45. The molecule has 0 atom stereocenters. The number of hydrogen-bond donors (Lipinski definition) is 1. The van der Waals surface area contributed by atoms with E-state index in [0.717, 1.165) is 34.4 Å². The predicted octanol–water partition coefficient (Wildman–Crippen LogP) is 7.18. The van der Waals surface area contributed by atoms with Crippen molar-refractivity contribution in [1.82, 2.24) is 15.0 Å². The Morgan fingerprint density at radius 3 is 2.54 bits per heavy atom. The fourth-order valence-electron chi connectivity index (χ4n) is 5.22. The van der Waals surface area contributed by atoms with E-state index in [1.807, 2.05) is 18.2 Å². The first-order valence-corrected chi connectivity index (χ1v) is 14.7. The summed E-state index contributed by atoms with van der Waals surface area (Å²) in [6.07, 6.45) is 4.61. The Morgan fingerprint density at radius 1 is 1.15 bits per heavy atom. The van der Waals surface area contributed by atoms with Crippen LogP contribution in [0.5, 0.6) is 0 Å². The number of hydrogen-bond acceptors (Lipinski definition) is 7. The van der Waals surface area contributed by atoms with E-state index in [-0.39, 0.29) is 12.0 Å². The van der Waals surface area contributed by atoms with E-state index in [9.17, 15) is 9.90 Å². The summed E-state index contributed by atoms with van der Waals surface area (Å²) in [6, 6.07) is 10.9. The summed E-state index contributed by atoms with van der Waals surface area (Å²) in [5.41, 5.74) is 2.52. The third-order valence-corrected chi connectivity index (χ3v) is 9.49. The number of carbonyl (C=O) groups excluding carboxylic acids is 1. The largest absolute Gasteiger partial charge is 0.383 e. The number of ether oxygens (including phenoxy) is 1. The molecule has 1 amide bonds. The quantitative estimate of drug-likeness (QED) is 0.247. The van der Waals surface area contributed by atoms with E-state index in [1.54, 1.807) is 37.2 Å². The molecule has 39 heavy (non-hydrogen) atoms. The molecule has 0 radical (unpaired) electrons. The highest BCUT2D eigenvalue weighted by Gasteiger charge is 2.39. The van der Waals surface area contributed by atoms with Crippen LogP contribution in [0.1, 0.15) is 71.1 Å². The van der Waals surface area contributed by atoms with E-state index in [1.165, 1.54) is 11.3 Å². The second-order valence-electron chi connectivity index (χ2n) is 10.7. The SMILES string of the molecule is CN(C)C(=O)c1ccc2sc(C3(O)CCC(OCc4c(-c5c(Cl)cccc5Cl)noc4C4CC4)CC3)nc2c1. The Morgan fingerprint density at radius 2 is 1.87 bits per heavy atom. The van der Waals surface area contributed by atoms with Crippen LogP contribution in [0.4, 0.5) is 0 Å². The van der Waals surface area contributed by atoms with Crippen LogP contribution in [-0.4, -0.2) is 46.3 Å². The van der Waals surface area contributed by atoms with Crippen LogP contribution in [-0.2, 0) is 16.9 Å². The van der Waals surface area contributed by atoms with Crippen molar-refractivity contribution < 1.29 is 19.2 Å². The molecule has 0 aliphatic heterocycles. The number of benzene rings is 2. The minimum absolute atomic E-state index is 0.0134. The van der Waals surface area contributed by atoms with Crippen LogP contribution in [0.15, 0.2) is 40.9 Å². The van der Waals surface area contributed by atoms with Gasteiger partial charge in [0.05, 0.1) is 33.0 Å². The van der Waals surface area contributed by atoms with Crippen molar-refractivity contribution in [1.29, 1.82) is 0 Å². The second-order valence-corrected chi connectivity index (χ2v) is 12.5. The standard InChI is InChI=1S/C29H29Cl2N3O4S/c1-34(2)27(35)17-8-9-23-22(14-17)32-28(39-23)29(36)12-10-18(11-13-29)37-15-19-25(33-38-26(19)16-6-7-16)24-20(30)4-3-5-21(24)31/h3-5,8-9,14,16,18,36H,6-7,10-13,15H2,1-2H3. The average molecular weight is 587 g/mol. The van der Waals surface area contributed by atoms with Gasteiger partial charge >= 0.3 is 0 Å². The number of aliphatic hydroxyl groups is 1. The number of halogens is 2. The number of carbonyl (C=O) groups is 1. The first-order chi connectivity index (χ1) is 18.7. The predicted molar refractivity (Wildman–Crippen MR) is 153 cm³/mol. The molecule has 2 aromatic heterocycles. The Labute approximate surface area is 240 Å². The number of rotatable bonds is 7. The maximum atomic E-state index is 12.4. The highest BCUT2D eigenvalue weighted by molar-refractivity contribution is 7.18. The number of nitrogens with zero attached hydrogens (tertiary/aromatic N) is 3. The van der Waals surface area contributed by atoms with Gasteiger partial charge < -0.3 is 19.3 Å². The van der Waals surface area contributed by atoms with Gasteiger partial charge in [-0.15, -0.1) is 11.3 Å². The van der Waals surface area contributed by atoms with Gasteiger partial charge in [-0.2, -0.15) is 0 Å². The topological polar surface area (TPSA) is 88.7 Å². The first-order valence-electron chi connectivity index (χ1n) is 13.1. The molecule has 2 heterocycles. The zero-order valence-corrected chi connectivity index (χ0v) is 24.1. The summed E-state index contributed by atoms with van der Waals surface area (Å²) in [5.74, 6) is 1.14. The molecule has 2 aliphatic rings. The highest BCUT2D eigenvalue weighted by atomic mass is 35.5. The van der Waals surface area contributed by atoms with Gasteiger partial charge in [-0.05, 0) is 68.9 Å². The van der Waals surface area contributed by atoms with Crippen molar-refractivity contribution in [2.45, 2.75) is 62.8 Å². The minimum Gasteiger partial charge on any atom is -0.383 e. The van der Waals surface area contributed by atoms with Crippen LogP contribution in [0, 0.1) is 0 Å². The Kier molecular flexibility index (Phi) is 7.18. The van der Waals surface area contributed by atoms with Gasteiger partial charge in [0.25, 0.3) is 5.91 Å². The monoisotopic (exact) mass is 585 g/mol. The molecule has 2 aromatic carbocycles. The molecule has 0 unspecified atom stereocenters. The molecule has 0 spiro atoms. The van der Waals surface area contributed by atoms with Gasteiger partial charge in [-0.25, -0.2) is 4.98 Å². The molecule has 1 N–H and O–H groups in total. The normalized spacial score (nSPS) is 21.4. The molecule has 204 valence electrons. The molecule has 2 aliphatic carbocycles. The van der Waals surface area contributed by atoms with Crippen molar-refractivity contribution in [2.24, 2.45) is 0 Å². The number of aromatic nitrogens is 2. The van der Waals surface area contributed by atoms with Crippen LogP contribution >= 0.6 is 34.5 Å². The zero-order valence-electron chi connectivity index (χ0n) is 21.7. The molecule has 2 fully saturated rings. The van der Waals surface area contributed by atoms with E-state index in [4.69, 9.17) is 37.4 Å². The average Bonchev–Trinajstić information content (AvgIpc) is 3.53. The van der Waals surface area contributed by atoms with Gasteiger partial charge in [0.1, 0.15) is 22.1 Å². The van der Waals surface area contributed by atoms with Gasteiger partial charge in [-0.1, -0.05) is 34.4 Å². The first kappa shape index (κ1) is 26.7. The van der Waals surface area contributed by atoms with Gasteiger partial charge in [-0.3, -0.25) is 4.79 Å². The van der Waals surface area contributed by atoms with Crippen LogP contribution in [0.3, 0.4) is 0 Å². The summed E-state index contributed by atoms with van der Waals surface area (Å²) in [5, 5.41) is 17.6. The van der Waals surface area contributed by atoms with E-state index >= 15 is 0 Å². The van der Waals surface area contributed by atoms with Crippen LogP contribution in [0.25, 0.3) is 21.5 Å². The zero-order chi connectivity index (χ0) is 27.3. The van der Waals surface area contributed by atoms with Crippen molar-refractivity contribution in [3.63, 3.8) is 0 Å². The lowest BCUT2D eigenvalue weighted by Crippen LogP contribution is -2.34. The lowest BCUT2D eigenvalue weighted by molar-refractivity contribution is -0.0640. The fourth-order valence-corrected chi connectivity index (χ4v) is 6.88. The number of amides is 1. The Hall–Kier alpha value is -2.49. The van der Waals surface area contributed by atoms with Crippen LogP contribution < -0.4 is 0 Å². The van der Waals surface area contributed by atoms with Crippen LogP contribution in [0.2, 0.25) is 10.0 Å². The smallest absolute Gasteiger partial charge is 0.253 e. The molecule has 0 bridgehead atoms. The molecule has 0 saturated heterocycles. The summed E-state index contributed by atoms with van der Waals surface area (Å²) in [4.78, 5) is 18.6. The van der Waals surface area contributed by atoms with Crippen molar-refractivity contribution in [2.75, 3.05) is 14.1 Å². The number of fused-ring (bicyclic) bond motifs is 1. The van der Waals surface area contributed by atoms with Gasteiger partial charge in [0.15, 0.2) is 0 Å². The highest BCUT2D eigenvalue weighted by Crippen LogP contribution is 2.47. The second kappa shape index (κ2) is 10.5. The number of thiazole rings is 1. The summed E-state index contributed by atoms with van der Waals surface area (Å²) in [6.45, 7) is 0.346. The Bertz CT molecular complexity index is 1520. The lowest BCUT2D eigenvalue weighted by Gasteiger charge is -2.34. The maximum absolute atomic E-state index is 12.4. The molecule has 10 heteroatoms. The minimum atomic E-state index is -1.01. The molecular formula is C29H29Cl2N3O4S. The van der Waals surface area contributed by atoms with Crippen molar-refractivity contribution in [3.8, 4) is 11.3 Å². The van der Waals surface area contributed by atoms with Crippen molar-refractivity contribution in [3.05, 3.63) is 68.3 Å². The maximum Gasteiger partial charge on any atom is 0.253 e. The third-order valence-electron chi connectivity index (χ3n) is 7.63. The third kappa shape index (κ3) is 5.21. The molecule has 4 aromatic rings. The van der Waals surface area contributed by atoms with Gasteiger partial charge in [0, 0.05) is 36.7 Å². The summed E-state index contributed by atoms with van der Waals surface area (Å²) >= 11 is 14.5. The van der Waals surface area contributed by atoms with Crippen molar-refractivity contribution >= 4 is 50.7 Å². The Balaban J connectivity index is 1.16. The van der Waals surface area contributed by atoms with E-state index in [0.29, 0.717) is 70.1 Å². The molecule has 6 rings (SSSR count). The van der Waals surface area contributed by atoms with Gasteiger partial charge in [0.2, 0.25) is 0 Å². The molecular weight excluding hydrogens is 557 g/mol. The fraction of sp³-hybridized carbons (Fsp3) is 0.414.